The smallest absolute Gasteiger partial charge is 0.270 e. The lowest BCUT2D eigenvalue weighted by Gasteiger charge is -2.08. The van der Waals surface area contributed by atoms with Crippen LogP contribution in [0.3, 0.4) is 0 Å². The Balaban J connectivity index is 1.80. The van der Waals surface area contributed by atoms with Crippen molar-refractivity contribution in [2.24, 2.45) is 5.16 Å². The van der Waals surface area contributed by atoms with Gasteiger partial charge < -0.3 is 20.0 Å². The van der Waals surface area contributed by atoms with Crippen molar-refractivity contribution in [2.45, 2.75) is 20.0 Å². The number of amides is 2. The molecule has 1 aromatic carbocycles. The third kappa shape index (κ3) is 5.10. The third-order valence-corrected chi connectivity index (χ3v) is 3.10. The maximum atomic E-state index is 11.8. The molecule has 0 bridgehead atoms. The predicted molar refractivity (Wildman–Crippen MR) is 89.0 cm³/mol. The largest absolute Gasteiger partial charge is 0.383 e. The van der Waals surface area contributed by atoms with E-state index in [0.717, 1.165) is 6.21 Å². The molecule has 2 aromatic rings. The highest BCUT2D eigenvalue weighted by atomic mass is 35.5. The van der Waals surface area contributed by atoms with Crippen LogP contribution < -0.4 is 10.6 Å². The lowest BCUT2D eigenvalue weighted by atomic mass is 10.3. The van der Waals surface area contributed by atoms with Crippen LogP contribution in [0.4, 0.5) is 11.5 Å². The van der Waals surface area contributed by atoms with Gasteiger partial charge in [-0.15, -0.1) is 0 Å². The average molecular weight is 351 g/mol. The van der Waals surface area contributed by atoms with Crippen LogP contribution in [0, 0.1) is 6.92 Å². The molecule has 0 radical (unpaired) electrons. The number of rotatable bonds is 6. The molecule has 0 aliphatic carbocycles. The first kappa shape index (κ1) is 17.5. The van der Waals surface area contributed by atoms with Crippen molar-refractivity contribution < 1.29 is 18.9 Å². The number of para-hydroxylation sites is 1. The second kappa shape index (κ2) is 8.11. The first-order valence-electron chi connectivity index (χ1n) is 6.94. The predicted octanol–water partition coefficient (Wildman–Crippen LogP) is 2.60. The number of hydrogen-bond acceptors (Lipinski definition) is 6. The van der Waals surface area contributed by atoms with E-state index in [2.05, 4.69) is 20.9 Å². The second-order valence-corrected chi connectivity index (χ2v) is 5.17. The van der Waals surface area contributed by atoms with Crippen molar-refractivity contribution in [3.05, 3.63) is 41.1 Å². The lowest BCUT2D eigenvalue weighted by Crippen LogP contribution is -2.26. The van der Waals surface area contributed by atoms with Gasteiger partial charge in [-0.05, 0) is 26.0 Å². The van der Waals surface area contributed by atoms with E-state index in [-0.39, 0.29) is 5.82 Å². The minimum atomic E-state index is -0.925. The summed E-state index contributed by atoms with van der Waals surface area (Å²) < 4.78 is 4.83. The van der Waals surface area contributed by atoms with Crippen LogP contribution in [0.25, 0.3) is 0 Å². The summed E-state index contributed by atoms with van der Waals surface area (Å²) in [6, 6.07) is 8.32. The van der Waals surface area contributed by atoms with E-state index in [9.17, 15) is 9.59 Å². The molecule has 1 atom stereocenters. The molecule has 0 aliphatic heterocycles. The summed E-state index contributed by atoms with van der Waals surface area (Å²) in [5.41, 5.74) is 0.447. The number of halogens is 1. The highest BCUT2D eigenvalue weighted by molar-refractivity contribution is 6.36. The molecule has 0 fully saturated rings. The van der Waals surface area contributed by atoms with Crippen molar-refractivity contribution in [3.63, 3.8) is 0 Å². The van der Waals surface area contributed by atoms with Crippen LogP contribution in [0.15, 0.2) is 40.0 Å². The number of carbonyl (C=O) groups is 2. The van der Waals surface area contributed by atoms with Crippen LogP contribution in [0.5, 0.6) is 0 Å². The summed E-state index contributed by atoms with van der Waals surface area (Å²) in [6.07, 6.45) is -0.0146. The van der Waals surface area contributed by atoms with Crippen molar-refractivity contribution in [1.29, 1.82) is 0 Å². The van der Waals surface area contributed by atoms with Gasteiger partial charge in [-0.25, -0.2) is 0 Å². The molecule has 126 valence electrons. The third-order valence-electron chi connectivity index (χ3n) is 2.77. The molecule has 0 saturated heterocycles. The number of carbonyl (C=O) groups excluding carboxylic acids is 2. The molecular formula is C15H15ClN4O4. The number of oxime groups is 1. The zero-order valence-electron chi connectivity index (χ0n) is 12.9. The van der Waals surface area contributed by atoms with Gasteiger partial charge in [-0.3, -0.25) is 9.59 Å². The Bertz CT molecular complexity index is 759. The first-order valence-corrected chi connectivity index (χ1v) is 7.32. The molecule has 24 heavy (non-hydrogen) atoms. The van der Waals surface area contributed by atoms with Crippen LogP contribution in [-0.2, 0) is 14.4 Å². The lowest BCUT2D eigenvalue weighted by molar-refractivity contribution is -0.126. The van der Waals surface area contributed by atoms with Gasteiger partial charge >= 0.3 is 0 Å². The minimum absolute atomic E-state index is 0.272. The van der Waals surface area contributed by atoms with Crippen LogP contribution in [-0.4, -0.2) is 29.3 Å². The number of hydrogen-bond donors (Lipinski definition) is 2. The quantitative estimate of drug-likeness (QED) is 0.615. The fourth-order valence-electron chi connectivity index (χ4n) is 1.60. The summed E-state index contributed by atoms with van der Waals surface area (Å²) in [4.78, 5) is 28.4. The van der Waals surface area contributed by atoms with Gasteiger partial charge in [-0.2, -0.15) is 0 Å². The molecule has 2 N–H and O–H groups in total. The fraction of sp³-hybridized carbons (Fsp3) is 0.200. The molecule has 0 aliphatic rings. The normalized spacial score (nSPS) is 12.0. The summed E-state index contributed by atoms with van der Waals surface area (Å²) in [7, 11) is 0. The van der Waals surface area contributed by atoms with Crippen molar-refractivity contribution in [1.82, 2.24) is 5.16 Å². The Kier molecular flexibility index (Phi) is 5.91. The molecule has 0 spiro atoms. The molecule has 1 heterocycles. The highest BCUT2D eigenvalue weighted by Gasteiger charge is 2.16. The number of aryl methyl sites for hydroxylation is 1. The van der Waals surface area contributed by atoms with E-state index < -0.39 is 17.9 Å². The second-order valence-electron chi connectivity index (χ2n) is 4.76. The summed E-state index contributed by atoms with van der Waals surface area (Å²) >= 11 is 5.92. The van der Waals surface area contributed by atoms with Crippen molar-refractivity contribution >= 4 is 41.1 Å². The van der Waals surface area contributed by atoms with E-state index in [1.165, 1.54) is 6.92 Å². The maximum absolute atomic E-state index is 11.8. The summed E-state index contributed by atoms with van der Waals surface area (Å²) in [5.74, 6) is -0.184. The van der Waals surface area contributed by atoms with Crippen molar-refractivity contribution in [3.8, 4) is 0 Å². The Morgan fingerprint density at radius 2 is 2.12 bits per heavy atom. The van der Waals surface area contributed by atoms with Crippen LogP contribution in [0.1, 0.15) is 12.7 Å². The monoisotopic (exact) mass is 350 g/mol. The Labute approximate surface area is 142 Å². The molecule has 9 heteroatoms. The van der Waals surface area contributed by atoms with E-state index in [0.29, 0.717) is 16.5 Å². The summed E-state index contributed by atoms with van der Waals surface area (Å²) in [5, 5.41) is 12.5. The Morgan fingerprint density at radius 1 is 1.38 bits per heavy atom. The highest BCUT2D eigenvalue weighted by Crippen LogP contribution is 2.19. The van der Waals surface area contributed by atoms with Crippen LogP contribution in [0.2, 0.25) is 5.02 Å². The molecule has 1 unspecified atom stereocenters. The number of nitrogens with one attached hydrogen (secondary N) is 2. The maximum Gasteiger partial charge on any atom is 0.270 e. The van der Waals surface area contributed by atoms with Gasteiger partial charge in [0.25, 0.3) is 11.8 Å². The SMILES string of the molecule is Cc1cc(NC(=O)C(C)O/N=C/C(=O)Nc2ccccc2Cl)no1. The van der Waals surface area contributed by atoms with Gasteiger partial charge in [0.05, 0.1) is 10.7 Å². The molecule has 2 rings (SSSR count). The zero-order chi connectivity index (χ0) is 17.5. The summed E-state index contributed by atoms with van der Waals surface area (Å²) in [6.45, 7) is 3.18. The molecule has 8 nitrogen and oxygen atoms in total. The molecular weight excluding hydrogens is 336 g/mol. The fourth-order valence-corrected chi connectivity index (χ4v) is 1.78. The molecule has 2 amide bonds. The first-order chi connectivity index (χ1) is 11.5. The molecule has 0 saturated carbocycles. The van der Waals surface area contributed by atoms with E-state index in [4.69, 9.17) is 21.0 Å². The Hall–Kier alpha value is -2.87. The zero-order valence-corrected chi connectivity index (χ0v) is 13.7. The minimum Gasteiger partial charge on any atom is -0.383 e. The van der Waals surface area contributed by atoms with Gasteiger partial charge in [0.1, 0.15) is 12.0 Å². The number of benzene rings is 1. The van der Waals surface area contributed by atoms with E-state index in [1.54, 1.807) is 37.3 Å². The Morgan fingerprint density at radius 3 is 2.79 bits per heavy atom. The number of anilines is 2. The van der Waals surface area contributed by atoms with Gasteiger partial charge in [0.15, 0.2) is 5.82 Å². The molecule has 1 aromatic heterocycles. The topological polar surface area (TPSA) is 106 Å². The van der Waals surface area contributed by atoms with Gasteiger partial charge in [-0.1, -0.05) is 34.0 Å². The van der Waals surface area contributed by atoms with Gasteiger partial charge in [0, 0.05) is 6.07 Å². The van der Waals surface area contributed by atoms with E-state index >= 15 is 0 Å². The van der Waals surface area contributed by atoms with Crippen LogP contribution >= 0.6 is 11.6 Å². The number of aromatic nitrogens is 1. The standard InChI is InChI=1S/C15H15ClN4O4/c1-9-7-13(20-23-9)19-15(22)10(2)24-17-8-14(21)18-12-6-4-3-5-11(12)16/h3-8,10H,1-2H3,(H,18,21)(H,19,20,22)/b17-8+. The van der Waals surface area contributed by atoms with Crippen molar-refractivity contribution in [2.75, 3.05) is 10.6 Å². The number of nitrogens with zero attached hydrogens (tertiary/aromatic N) is 2. The van der Waals surface area contributed by atoms with E-state index in [1.807, 2.05) is 0 Å². The van der Waals surface area contributed by atoms with Gasteiger partial charge in [0.2, 0.25) is 6.10 Å². The average Bonchev–Trinajstić information content (AvgIpc) is 2.94.